The second-order valence-electron chi connectivity index (χ2n) is 4.95. The lowest BCUT2D eigenvalue weighted by Gasteiger charge is -2.12. The number of rotatable bonds is 2. The first kappa shape index (κ1) is 13.1. The summed E-state index contributed by atoms with van der Waals surface area (Å²) >= 11 is 9.75. The van der Waals surface area contributed by atoms with Gasteiger partial charge in [0.1, 0.15) is 5.15 Å². The first-order chi connectivity index (χ1) is 9.16. The van der Waals surface area contributed by atoms with Gasteiger partial charge in [0.25, 0.3) is 0 Å². The lowest BCUT2D eigenvalue weighted by Crippen LogP contribution is -2.02. The van der Waals surface area contributed by atoms with Crippen LogP contribution in [0.25, 0.3) is 11.6 Å². The minimum absolute atomic E-state index is 0.461. The fraction of sp³-hybridized carbons (Fsp3) is 0.429. The van der Waals surface area contributed by atoms with E-state index in [2.05, 4.69) is 25.9 Å². The molecule has 100 valence electrons. The summed E-state index contributed by atoms with van der Waals surface area (Å²) in [5, 5.41) is 0.461. The Labute approximate surface area is 125 Å². The molecule has 1 fully saturated rings. The fourth-order valence-corrected chi connectivity index (χ4v) is 3.29. The molecule has 1 aliphatic rings. The molecule has 3 nitrogen and oxygen atoms in total. The topological polar surface area (TPSA) is 38.9 Å². The van der Waals surface area contributed by atoms with Crippen LogP contribution in [0.5, 0.6) is 0 Å². The molecule has 2 aromatic heterocycles. The standard InChI is InChI=1S/C14H14BrClN2O/c1-8-6-7-19-12(8)14-17-11(9-4-2-3-5-9)10(15)13(16)18-14/h6-7,9H,2-5H2,1H3. The Bertz CT molecular complexity index is 605. The monoisotopic (exact) mass is 340 g/mol. The highest BCUT2D eigenvalue weighted by Gasteiger charge is 2.24. The molecule has 0 saturated heterocycles. The highest BCUT2D eigenvalue weighted by molar-refractivity contribution is 9.10. The number of halogens is 2. The third-order valence-corrected chi connectivity index (χ3v) is 4.93. The van der Waals surface area contributed by atoms with Crippen molar-refractivity contribution in [1.82, 2.24) is 9.97 Å². The smallest absolute Gasteiger partial charge is 0.197 e. The summed E-state index contributed by atoms with van der Waals surface area (Å²) in [6.45, 7) is 1.98. The Kier molecular flexibility index (Phi) is 3.63. The van der Waals surface area contributed by atoms with E-state index in [9.17, 15) is 0 Å². The predicted molar refractivity (Wildman–Crippen MR) is 78.4 cm³/mol. The number of hydrogen-bond acceptors (Lipinski definition) is 3. The molecule has 0 amide bonds. The highest BCUT2D eigenvalue weighted by atomic mass is 79.9. The molecule has 0 atom stereocenters. The van der Waals surface area contributed by atoms with Crippen LogP contribution in [0.1, 0.15) is 42.9 Å². The first-order valence-electron chi connectivity index (χ1n) is 6.44. The largest absolute Gasteiger partial charge is 0.461 e. The van der Waals surface area contributed by atoms with E-state index in [1.54, 1.807) is 6.26 Å². The van der Waals surface area contributed by atoms with Gasteiger partial charge in [-0.1, -0.05) is 24.4 Å². The van der Waals surface area contributed by atoms with Crippen molar-refractivity contribution in [3.63, 3.8) is 0 Å². The number of aromatic nitrogens is 2. The van der Waals surface area contributed by atoms with Crippen LogP contribution in [-0.2, 0) is 0 Å². The molecular weight excluding hydrogens is 328 g/mol. The molecule has 2 heterocycles. The third kappa shape index (κ3) is 2.43. The summed E-state index contributed by atoms with van der Waals surface area (Å²) in [4.78, 5) is 9.00. The summed E-state index contributed by atoms with van der Waals surface area (Å²) in [6.07, 6.45) is 6.51. The van der Waals surface area contributed by atoms with Gasteiger partial charge in [-0.15, -0.1) is 0 Å². The Hall–Kier alpha value is -0.870. The van der Waals surface area contributed by atoms with Gasteiger partial charge in [-0.05, 0) is 47.3 Å². The van der Waals surface area contributed by atoms with Crippen LogP contribution in [-0.4, -0.2) is 9.97 Å². The molecule has 0 unspecified atom stereocenters. The molecule has 0 aliphatic heterocycles. The van der Waals surface area contributed by atoms with Crippen LogP contribution >= 0.6 is 27.5 Å². The highest BCUT2D eigenvalue weighted by Crippen LogP contribution is 2.39. The van der Waals surface area contributed by atoms with E-state index in [0.717, 1.165) is 15.7 Å². The average Bonchev–Trinajstić information content (AvgIpc) is 3.03. The van der Waals surface area contributed by atoms with Gasteiger partial charge in [-0.25, -0.2) is 9.97 Å². The van der Waals surface area contributed by atoms with Gasteiger partial charge in [-0.3, -0.25) is 0 Å². The Morgan fingerprint density at radius 2 is 2.05 bits per heavy atom. The molecule has 3 rings (SSSR count). The van der Waals surface area contributed by atoms with E-state index >= 15 is 0 Å². The van der Waals surface area contributed by atoms with E-state index in [-0.39, 0.29) is 0 Å². The zero-order valence-corrected chi connectivity index (χ0v) is 13.0. The summed E-state index contributed by atoms with van der Waals surface area (Å²) in [7, 11) is 0. The van der Waals surface area contributed by atoms with Crippen molar-refractivity contribution < 1.29 is 4.42 Å². The zero-order valence-electron chi connectivity index (χ0n) is 10.6. The van der Waals surface area contributed by atoms with Crippen molar-refractivity contribution in [3.8, 4) is 11.6 Å². The van der Waals surface area contributed by atoms with E-state index in [1.165, 1.54) is 25.7 Å². The molecule has 0 N–H and O–H groups in total. The van der Waals surface area contributed by atoms with Crippen LogP contribution in [0.2, 0.25) is 5.15 Å². The van der Waals surface area contributed by atoms with E-state index in [1.807, 2.05) is 13.0 Å². The van der Waals surface area contributed by atoms with Gasteiger partial charge < -0.3 is 4.42 Å². The van der Waals surface area contributed by atoms with E-state index in [0.29, 0.717) is 22.7 Å². The maximum Gasteiger partial charge on any atom is 0.197 e. The maximum atomic E-state index is 6.23. The Morgan fingerprint density at radius 1 is 1.32 bits per heavy atom. The van der Waals surface area contributed by atoms with E-state index < -0.39 is 0 Å². The van der Waals surface area contributed by atoms with Crippen molar-refractivity contribution in [3.05, 3.63) is 33.2 Å². The fourth-order valence-electron chi connectivity index (χ4n) is 2.61. The number of aryl methyl sites for hydroxylation is 1. The lowest BCUT2D eigenvalue weighted by molar-refractivity contribution is 0.573. The van der Waals surface area contributed by atoms with Gasteiger partial charge in [-0.2, -0.15) is 0 Å². The second-order valence-corrected chi connectivity index (χ2v) is 6.10. The van der Waals surface area contributed by atoms with Crippen LogP contribution in [0.3, 0.4) is 0 Å². The maximum absolute atomic E-state index is 6.23. The molecule has 0 bridgehead atoms. The number of hydrogen-bond donors (Lipinski definition) is 0. The van der Waals surface area contributed by atoms with Gasteiger partial charge in [0.15, 0.2) is 11.6 Å². The number of furan rings is 1. The summed E-state index contributed by atoms with van der Waals surface area (Å²) < 4.78 is 6.29. The average molecular weight is 342 g/mol. The van der Waals surface area contributed by atoms with Crippen LogP contribution in [0, 0.1) is 6.92 Å². The molecule has 1 aliphatic carbocycles. The first-order valence-corrected chi connectivity index (χ1v) is 7.61. The molecule has 0 radical (unpaired) electrons. The quantitative estimate of drug-likeness (QED) is 0.712. The molecule has 0 spiro atoms. The van der Waals surface area contributed by atoms with Crippen molar-refractivity contribution >= 4 is 27.5 Å². The Balaban J connectivity index is 2.10. The minimum Gasteiger partial charge on any atom is -0.461 e. The molecule has 1 saturated carbocycles. The molecule has 19 heavy (non-hydrogen) atoms. The zero-order chi connectivity index (χ0) is 13.4. The number of nitrogens with zero attached hydrogens (tertiary/aromatic N) is 2. The minimum atomic E-state index is 0.461. The van der Waals surface area contributed by atoms with Crippen molar-refractivity contribution in [1.29, 1.82) is 0 Å². The van der Waals surface area contributed by atoms with Gasteiger partial charge in [0.05, 0.1) is 16.4 Å². The third-order valence-electron chi connectivity index (χ3n) is 3.64. The normalized spacial score (nSPS) is 16.2. The summed E-state index contributed by atoms with van der Waals surface area (Å²) in [6, 6.07) is 1.91. The van der Waals surface area contributed by atoms with Crippen LogP contribution < -0.4 is 0 Å². The predicted octanol–water partition coefficient (Wildman–Crippen LogP) is 5.12. The van der Waals surface area contributed by atoms with Crippen molar-refractivity contribution in [2.45, 2.75) is 38.5 Å². The van der Waals surface area contributed by atoms with Gasteiger partial charge >= 0.3 is 0 Å². The lowest BCUT2D eigenvalue weighted by atomic mass is 10.0. The molecule has 0 aromatic carbocycles. The van der Waals surface area contributed by atoms with Crippen molar-refractivity contribution in [2.75, 3.05) is 0 Å². The van der Waals surface area contributed by atoms with Gasteiger partial charge in [0, 0.05) is 5.92 Å². The Morgan fingerprint density at radius 3 is 2.68 bits per heavy atom. The molecular formula is C14H14BrClN2O. The SMILES string of the molecule is Cc1ccoc1-c1nc(Cl)c(Br)c(C2CCCC2)n1. The molecule has 2 aromatic rings. The van der Waals surface area contributed by atoms with Crippen LogP contribution in [0.15, 0.2) is 21.2 Å². The van der Waals surface area contributed by atoms with Crippen molar-refractivity contribution in [2.24, 2.45) is 0 Å². The van der Waals surface area contributed by atoms with Crippen LogP contribution in [0.4, 0.5) is 0 Å². The van der Waals surface area contributed by atoms with Gasteiger partial charge in [0.2, 0.25) is 0 Å². The second kappa shape index (κ2) is 5.25. The summed E-state index contributed by atoms with van der Waals surface area (Å²) in [5.41, 5.74) is 2.04. The van der Waals surface area contributed by atoms with E-state index in [4.69, 9.17) is 16.0 Å². The summed E-state index contributed by atoms with van der Waals surface area (Å²) in [5.74, 6) is 1.76. The molecule has 5 heteroatoms.